The Kier molecular flexibility index (Phi) is 3.80. The molecule has 0 unspecified atom stereocenters. The molecule has 3 nitrogen and oxygen atoms in total. The van der Waals surface area contributed by atoms with E-state index in [1.807, 2.05) is 12.1 Å². The van der Waals surface area contributed by atoms with Crippen molar-refractivity contribution in [2.45, 2.75) is 12.8 Å². The van der Waals surface area contributed by atoms with Gasteiger partial charge in [0.25, 0.3) is 5.91 Å². The van der Waals surface area contributed by atoms with E-state index >= 15 is 0 Å². The second-order valence-corrected chi connectivity index (χ2v) is 5.35. The molecule has 1 amide bonds. The van der Waals surface area contributed by atoms with Crippen molar-refractivity contribution in [3.63, 3.8) is 0 Å². The Morgan fingerprint density at radius 1 is 1.29 bits per heavy atom. The van der Waals surface area contributed by atoms with Crippen LogP contribution in [-0.4, -0.2) is 12.5 Å². The average Bonchev–Trinajstić information content (AvgIpc) is 2.50. The predicted molar refractivity (Wildman–Crippen MR) is 82.6 cm³/mol. The number of hydrogen-bond donors (Lipinski definition) is 2. The van der Waals surface area contributed by atoms with E-state index in [4.69, 9.17) is 11.6 Å². The highest BCUT2D eigenvalue weighted by atomic mass is 35.5. The minimum atomic E-state index is -0.504. The van der Waals surface area contributed by atoms with Crippen LogP contribution in [-0.2, 0) is 6.42 Å². The molecule has 0 aromatic heterocycles. The lowest BCUT2D eigenvalue weighted by molar-refractivity contribution is 0.102. The van der Waals surface area contributed by atoms with E-state index in [1.54, 1.807) is 6.07 Å². The van der Waals surface area contributed by atoms with Gasteiger partial charge in [0.05, 0.1) is 5.02 Å². The molecule has 1 aliphatic rings. The molecule has 108 valence electrons. The van der Waals surface area contributed by atoms with E-state index in [0.717, 1.165) is 30.6 Å². The van der Waals surface area contributed by atoms with E-state index in [2.05, 4.69) is 10.6 Å². The number of fused-ring (bicyclic) bond motifs is 1. The molecular weight excluding hydrogens is 291 g/mol. The fourth-order valence-electron chi connectivity index (χ4n) is 2.50. The molecule has 2 aromatic rings. The number of carbonyl (C=O) groups is 1. The zero-order valence-electron chi connectivity index (χ0n) is 11.2. The molecule has 0 radical (unpaired) electrons. The summed E-state index contributed by atoms with van der Waals surface area (Å²) in [5.74, 6) is -0.714. The molecule has 5 heteroatoms. The fourth-order valence-corrected chi connectivity index (χ4v) is 2.68. The van der Waals surface area contributed by atoms with Crippen LogP contribution >= 0.6 is 11.6 Å². The van der Waals surface area contributed by atoms with Gasteiger partial charge in [-0.2, -0.15) is 0 Å². The van der Waals surface area contributed by atoms with Gasteiger partial charge in [0.1, 0.15) is 5.82 Å². The maximum atomic E-state index is 13.1. The average molecular weight is 305 g/mol. The van der Waals surface area contributed by atoms with Crippen LogP contribution in [0, 0.1) is 5.82 Å². The lowest BCUT2D eigenvalue weighted by atomic mass is 9.97. The van der Waals surface area contributed by atoms with Gasteiger partial charge >= 0.3 is 0 Å². The molecule has 0 aliphatic carbocycles. The number of carbonyl (C=O) groups excluding carboxylic acids is 1. The van der Waals surface area contributed by atoms with Crippen molar-refractivity contribution in [3.05, 3.63) is 58.4 Å². The SMILES string of the molecule is O=C(Nc1ccc(F)c(Cl)c1)c1cccc2c1CCCN2. The maximum Gasteiger partial charge on any atom is 0.256 e. The summed E-state index contributed by atoms with van der Waals surface area (Å²) in [5.41, 5.74) is 3.15. The highest BCUT2D eigenvalue weighted by Crippen LogP contribution is 2.26. The number of benzene rings is 2. The summed E-state index contributed by atoms with van der Waals surface area (Å²) in [6.07, 6.45) is 1.87. The number of halogens is 2. The lowest BCUT2D eigenvalue weighted by Gasteiger charge is -2.20. The molecule has 0 saturated heterocycles. The van der Waals surface area contributed by atoms with Gasteiger partial charge in [-0.1, -0.05) is 17.7 Å². The summed E-state index contributed by atoms with van der Waals surface area (Å²) >= 11 is 5.72. The smallest absolute Gasteiger partial charge is 0.256 e. The Morgan fingerprint density at radius 2 is 2.14 bits per heavy atom. The van der Waals surface area contributed by atoms with Crippen molar-refractivity contribution in [3.8, 4) is 0 Å². The van der Waals surface area contributed by atoms with E-state index < -0.39 is 5.82 Å². The maximum absolute atomic E-state index is 13.1. The Hall–Kier alpha value is -2.07. The Bertz CT molecular complexity index is 703. The lowest BCUT2D eigenvalue weighted by Crippen LogP contribution is -2.19. The van der Waals surface area contributed by atoms with Crippen LogP contribution in [0.25, 0.3) is 0 Å². The standard InChI is InChI=1S/C16H14ClFN2O/c17-13-9-10(6-7-14(13)18)20-16(21)12-3-1-5-15-11(12)4-2-8-19-15/h1,3,5-7,9,19H,2,4,8H2,(H,20,21). The van der Waals surface area contributed by atoms with Crippen LogP contribution in [0.3, 0.4) is 0 Å². The monoisotopic (exact) mass is 304 g/mol. The molecule has 0 bridgehead atoms. The van der Waals surface area contributed by atoms with Crippen LogP contribution in [0.5, 0.6) is 0 Å². The summed E-state index contributed by atoms with van der Waals surface area (Å²) in [7, 11) is 0. The third-order valence-corrected chi connectivity index (χ3v) is 3.81. The second kappa shape index (κ2) is 5.74. The van der Waals surface area contributed by atoms with Crippen molar-refractivity contribution in [1.82, 2.24) is 0 Å². The molecule has 21 heavy (non-hydrogen) atoms. The molecule has 1 heterocycles. The van der Waals surface area contributed by atoms with Crippen molar-refractivity contribution < 1.29 is 9.18 Å². The van der Waals surface area contributed by atoms with E-state index in [0.29, 0.717) is 11.3 Å². The number of anilines is 2. The minimum Gasteiger partial charge on any atom is -0.385 e. The highest BCUT2D eigenvalue weighted by molar-refractivity contribution is 6.31. The van der Waals surface area contributed by atoms with E-state index in [9.17, 15) is 9.18 Å². The van der Waals surface area contributed by atoms with Crippen LogP contribution in [0.15, 0.2) is 36.4 Å². The van der Waals surface area contributed by atoms with Crippen molar-refractivity contribution in [2.24, 2.45) is 0 Å². The van der Waals surface area contributed by atoms with Gasteiger partial charge in [-0.3, -0.25) is 4.79 Å². The molecule has 3 rings (SSSR count). The van der Waals surface area contributed by atoms with Gasteiger partial charge in [-0.25, -0.2) is 4.39 Å². The summed E-state index contributed by atoms with van der Waals surface area (Å²) < 4.78 is 13.1. The molecule has 0 spiro atoms. The molecule has 1 aliphatic heterocycles. The first kappa shape index (κ1) is 13.9. The van der Waals surface area contributed by atoms with Crippen molar-refractivity contribution in [1.29, 1.82) is 0 Å². The Morgan fingerprint density at radius 3 is 2.95 bits per heavy atom. The third-order valence-electron chi connectivity index (χ3n) is 3.52. The second-order valence-electron chi connectivity index (χ2n) is 4.95. The molecule has 2 N–H and O–H groups in total. The first-order chi connectivity index (χ1) is 10.1. The summed E-state index contributed by atoms with van der Waals surface area (Å²) in [4.78, 5) is 12.4. The van der Waals surface area contributed by atoms with Crippen molar-refractivity contribution >= 4 is 28.9 Å². The number of nitrogens with one attached hydrogen (secondary N) is 2. The van der Waals surface area contributed by atoms with Gasteiger partial charge in [0, 0.05) is 23.5 Å². The summed E-state index contributed by atoms with van der Waals surface area (Å²) in [6, 6.07) is 9.76. The molecule has 2 aromatic carbocycles. The van der Waals surface area contributed by atoms with Gasteiger partial charge in [0.2, 0.25) is 0 Å². The van der Waals surface area contributed by atoms with Crippen LogP contribution in [0.2, 0.25) is 5.02 Å². The van der Waals surface area contributed by atoms with Crippen LogP contribution < -0.4 is 10.6 Å². The van der Waals surface area contributed by atoms with Gasteiger partial charge < -0.3 is 10.6 Å². The number of hydrogen-bond acceptors (Lipinski definition) is 2. The summed E-state index contributed by atoms with van der Waals surface area (Å²) in [6.45, 7) is 0.922. The zero-order chi connectivity index (χ0) is 14.8. The third kappa shape index (κ3) is 2.85. The normalized spacial score (nSPS) is 13.2. The highest BCUT2D eigenvalue weighted by Gasteiger charge is 2.17. The molecular formula is C16H14ClFN2O. The van der Waals surface area contributed by atoms with Crippen molar-refractivity contribution in [2.75, 3.05) is 17.2 Å². The topological polar surface area (TPSA) is 41.1 Å². The first-order valence-corrected chi connectivity index (χ1v) is 7.15. The Labute approximate surface area is 127 Å². The predicted octanol–water partition coefficient (Wildman–Crippen LogP) is 4.09. The minimum absolute atomic E-state index is 0.00967. The molecule has 0 saturated carbocycles. The molecule has 0 atom stereocenters. The zero-order valence-corrected chi connectivity index (χ0v) is 12.0. The largest absolute Gasteiger partial charge is 0.385 e. The van der Waals surface area contributed by atoms with Crippen LogP contribution in [0.4, 0.5) is 15.8 Å². The first-order valence-electron chi connectivity index (χ1n) is 6.77. The van der Waals surface area contributed by atoms with Gasteiger partial charge in [-0.15, -0.1) is 0 Å². The quantitative estimate of drug-likeness (QED) is 0.877. The number of rotatable bonds is 2. The molecule has 0 fully saturated rings. The van der Waals surface area contributed by atoms with E-state index in [1.165, 1.54) is 18.2 Å². The number of amides is 1. The van der Waals surface area contributed by atoms with Crippen LogP contribution in [0.1, 0.15) is 22.3 Å². The van der Waals surface area contributed by atoms with Gasteiger partial charge in [0.15, 0.2) is 0 Å². The van der Waals surface area contributed by atoms with Gasteiger partial charge in [-0.05, 0) is 48.7 Å². The fraction of sp³-hybridized carbons (Fsp3) is 0.188. The Balaban J connectivity index is 1.87. The van der Waals surface area contributed by atoms with E-state index in [-0.39, 0.29) is 10.9 Å². The summed E-state index contributed by atoms with van der Waals surface area (Å²) in [5, 5.41) is 6.04.